The summed E-state index contributed by atoms with van der Waals surface area (Å²) in [4.78, 5) is 11.7. The van der Waals surface area contributed by atoms with Gasteiger partial charge in [-0.2, -0.15) is 0 Å². The Morgan fingerprint density at radius 1 is 1.40 bits per heavy atom. The number of hydrogen-bond donors (Lipinski definition) is 1. The highest BCUT2D eigenvalue weighted by atomic mass is 16.6. The van der Waals surface area contributed by atoms with Crippen molar-refractivity contribution in [2.24, 2.45) is 5.73 Å². The first-order chi connectivity index (χ1) is 6.92. The minimum atomic E-state index is -0.462. The number of hydrogen-bond acceptors (Lipinski definition) is 3. The van der Waals surface area contributed by atoms with Crippen LogP contribution in [-0.2, 0) is 11.3 Å². The Hall–Kier alpha value is -1.35. The van der Waals surface area contributed by atoms with Gasteiger partial charge >= 0.3 is 5.97 Å². The van der Waals surface area contributed by atoms with Gasteiger partial charge in [-0.15, -0.1) is 0 Å². The van der Waals surface area contributed by atoms with E-state index >= 15 is 0 Å². The van der Waals surface area contributed by atoms with Crippen LogP contribution in [0.5, 0.6) is 0 Å². The third-order valence-corrected chi connectivity index (χ3v) is 1.80. The van der Waals surface area contributed by atoms with Gasteiger partial charge in [-0.1, -0.05) is 12.1 Å². The molecule has 0 unspecified atom stereocenters. The maximum atomic E-state index is 11.7. The van der Waals surface area contributed by atoms with Crippen LogP contribution in [0.25, 0.3) is 0 Å². The number of benzene rings is 1. The van der Waals surface area contributed by atoms with Gasteiger partial charge in [-0.25, -0.2) is 4.79 Å². The summed E-state index contributed by atoms with van der Waals surface area (Å²) in [5.41, 5.74) is 6.51. The zero-order valence-electron chi connectivity index (χ0n) is 9.41. The van der Waals surface area contributed by atoms with Gasteiger partial charge in [0.1, 0.15) is 5.60 Å². The number of esters is 1. The second kappa shape index (κ2) is 4.45. The lowest BCUT2D eigenvalue weighted by Gasteiger charge is -2.19. The predicted molar refractivity (Wildman–Crippen MR) is 59.5 cm³/mol. The minimum absolute atomic E-state index is 0.308. The SMILES string of the molecule is CC(C)(C)OC(=O)c1cccc(CN)c1. The first-order valence-corrected chi connectivity index (χ1v) is 4.95. The van der Waals surface area contributed by atoms with E-state index in [1.54, 1.807) is 18.2 Å². The van der Waals surface area contributed by atoms with Crippen molar-refractivity contribution in [1.82, 2.24) is 0 Å². The van der Waals surface area contributed by atoms with E-state index in [9.17, 15) is 4.79 Å². The molecule has 3 heteroatoms. The molecule has 0 heterocycles. The van der Waals surface area contributed by atoms with Crippen molar-refractivity contribution in [3.63, 3.8) is 0 Å². The smallest absolute Gasteiger partial charge is 0.338 e. The average Bonchev–Trinajstić information content (AvgIpc) is 2.15. The molecule has 0 radical (unpaired) electrons. The summed E-state index contributed by atoms with van der Waals surface area (Å²) in [5, 5.41) is 0. The average molecular weight is 207 g/mol. The van der Waals surface area contributed by atoms with Crippen molar-refractivity contribution >= 4 is 5.97 Å². The first-order valence-electron chi connectivity index (χ1n) is 4.95. The van der Waals surface area contributed by atoms with E-state index in [0.717, 1.165) is 5.56 Å². The molecule has 1 aromatic rings. The largest absolute Gasteiger partial charge is 0.456 e. The first kappa shape index (κ1) is 11.7. The van der Waals surface area contributed by atoms with Crippen molar-refractivity contribution in [2.75, 3.05) is 0 Å². The Morgan fingerprint density at radius 2 is 2.07 bits per heavy atom. The third-order valence-electron chi connectivity index (χ3n) is 1.80. The fourth-order valence-electron chi connectivity index (χ4n) is 1.16. The summed E-state index contributed by atoms with van der Waals surface area (Å²) in [6.07, 6.45) is 0. The third kappa shape index (κ3) is 3.72. The Kier molecular flexibility index (Phi) is 3.48. The quantitative estimate of drug-likeness (QED) is 0.755. The van der Waals surface area contributed by atoms with Gasteiger partial charge < -0.3 is 10.5 Å². The van der Waals surface area contributed by atoms with E-state index in [1.807, 2.05) is 26.8 Å². The zero-order chi connectivity index (χ0) is 11.5. The zero-order valence-corrected chi connectivity index (χ0v) is 9.41. The van der Waals surface area contributed by atoms with Crippen LogP contribution < -0.4 is 5.73 Å². The van der Waals surface area contributed by atoms with Crippen molar-refractivity contribution in [3.8, 4) is 0 Å². The van der Waals surface area contributed by atoms with Gasteiger partial charge in [0.2, 0.25) is 0 Å². The highest BCUT2D eigenvalue weighted by molar-refractivity contribution is 5.89. The predicted octanol–water partition coefficient (Wildman–Crippen LogP) is 2.10. The minimum Gasteiger partial charge on any atom is -0.456 e. The molecule has 1 rings (SSSR count). The molecule has 0 bridgehead atoms. The van der Waals surface area contributed by atoms with Crippen LogP contribution in [0.2, 0.25) is 0 Å². The topological polar surface area (TPSA) is 52.3 Å². The number of rotatable bonds is 2. The van der Waals surface area contributed by atoms with Crippen LogP contribution in [0.3, 0.4) is 0 Å². The lowest BCUT2D eigenvalue weighted by molar-refractivity contribution is 0.00694. The highest BCUT2D eigenvalue weighted by Crippen LogP contribution is 2.13. The van der Waals surface area contributed by atoms with Crippen LogP contribution in [0.15, 0.2) is 24.3 Å². The van der Waals surface area contributed by atoms with Crippen LogP contribution in [-0.4, -0.2) is 11.6 Å². The van der Waals surface area contributed by atoms with Gasteiger partial charge in [0.05, 0.1) is 5.56 Å². The summed E-state index contributed by atoms with van der Waals surface area (Å²) in [7, 11) is 0. The van der Waals surface area contributed by atoms with Crippen molar-refractivity contribution < 1.29 is 9.53 Å². The molecule has 0 aliphatic carbocycles. The second-order valence-corrected chi connectivity index (χ2v) is 4.41. The van der Waals surface area contributed by atoms with Crippen LogP contribution in [0.4, 0.5) is 0 Å². The summed E-state index contributed by atoms with van der Waals surface area (Å²) in [6.45, 7) is 5.96. The lowest BCUT2D eigenvalue weighted by Crippen LogP contribution is -2.23. The summed E-state index contributed by atoms with van der Waals surface area (Å²) < 4.78 is 5.24. The maximum absolute atomic E-state index is 11.7. The molecule has 0 saturated carbocycles. The van der Waals surface area contributed by atoms with E-state index in [4.69, 9.17) is 10.5 Å². The fraction of sp³-hybridized carbons (Fsp3) is 0.417. The molecule has 15 heavy (non-hydrogen) atoms. The molecule has 3 nitrogen and oxygen atoms in total. The van der Waals surface area contributed by atoms with E-state index < -0.39 is 5.60 Å². The molecule has 0 atom stereocenters. The normalized spacial score (nSPS) is 11.2. The molecule has 0 spiro atoms. The Bertz CT molecular complexity index is 353. The van der Waals surface area contributed by atoms with E-state index in [1.165, 1.54) is 0 Å². The Balaban J connectivity index is 2.82. The fourth-order valence-corrected chi connectivity index (χ4v) is 1.16. The second-order valence-electron chi connectivity index (χ2n) is 4.41. The number of carbonyl (C=O) groups excluding carboxylic acids is 1. The molecule has 0 aliphatic heterocycles. The molecule has 0 fully saturated rings. The van der Waals surface area contributed by atoms with Gasteiger partial charge in [-0.05, 0) is 38.5 Å². The summed E-state index contributed by atoms with van der Waals surface area (Å²) in [5.74, 6) is -0.308. The molecule has 1 aromatic carbocycles. The van der Waals surface area contributed by atoms with Gasteiger partial charge in [0.25, 0.3) is 0 Å². The Morgan fingerprint density at radius 3 is 2.60 bits per heavy atom. The van der Waals surface area contributed by atoms with E-state index in [0.29, 0.717) is 12.1 Å². The van der Waals surface area contributed by atoms with Crippen molar-refractivity contribution in [3.05, 3.63) is 35.4 Å². The van der Waals surface area contributed by atoms with E-state index in [2.05, 4.69) is 0 Å². The summed E-state index contributed by atoms with van der Waals surface area (Å²) >= 11 is 0. The maximum Gasteiger partial charge on any atom is 0.338 e. The standard InChI is InChI=1S/C12H17NO2/c1-12(2,3)15-11(14)10-6-4-5-9(7-10)8-13/h4-7H,8,13H2,1-3H3. The molecule has 0 aromatic heterocycles. The van der Waals surface area contributed by atoms with Crippen LogP contribution in [0.1, 0.15) is 36.7 Å². The van der Waals surface area contributed by atoms with Gasteiger partial charge in [0, 0.05) is 6.54 Å². The molecule has 2 N–H and O–H groups in total. The highest BCUT2D eigenvalue weighted by Gasteiger charge is 2.17. The molecule has 0 amide bonds. The summed E-state index contributed by atoms with van der Waals surface area (Å²) in [6, 6.07) is 7.18. The van der Waals surface area contributed by atoms with Crippen molar-refractivity contribution in [2.45, 2.75) is 32.9 Å². The lowest BCUT2D eigenvalue weighted by atomic mass is 10.1. The molecule has 0 aliphatic rings. The molecular formula is C12H17NO2. The Labute approximate surface area is 90.2 Å². The number of carbonyl (C=O) groups is 1. The molecule has 82 valence electrons. The van der Waals surface area contributed by atoms with Gasteiger partial charge in [-0.3, -0.25) is 0 Å². The molecular weight excluding hydrogens is 190 g/mol. The number of ether oxygens (including phenoxy) is 1. The molecule has 0 saturated heterocycles. The van der Waals surface area contributed by atoms with Crippen molar-refractivity contribution in [1.29, 1.82) is 0 Å². The van der Waals surface area contributed by atoms with Crippen LogP contribution >= 0.6 is 0 Å². The number of nitrogens with two attached hydrogens (primary N) is 1. The van der Waals surface area contributed by atoms with Crippen LogP contribution in [0, 0.1) is 0 Å². The van der Waals surface area contributed by atoms with Gasteiger partial charge in [0.15, 0.2) is 0 Å². The van der Waals surface area contributed by atoms with E-state index in [-0.39, 0.29) is 5.97 Å². The monoisotopic (exact) mass is 207 g/mol.